The number of rotatable bonds is 3. The van der Waals surface area contributed by atoms with E-state index < -0.39 is 0 Å². The summed E-state index contributed by atoms with van der Waals surface area (Å²) in [6, 6.07) is 1.47. The van der Waals surface area contributed by atoms with Crippen LogP contribution in [0.1, 0.15) is 5.69 Å². The predicted octanol–water partition coefficient (Wildman–Crippen LogP) is 1.00. The lowest BCUT2D eigenvalue weighted by molar-refractivity contribution is 0.846. The van der Waals surface area contributed by atoms with Gasteiger partial charge < -0.3 is 0 Å². The minimum Gasteiger partial charge on any atom is -0.267 e. The first kappa shape index (κ1) is 9.97. The molecule has 1 N–H and O–H groups in total. The Morgan fingerprint density at radius 3 is 3.20 bits per heavy atom. The normalized spacial score (nSPS) is 10.7. The van der Waals surface area contributed by atoms with Crippen LogP contribution in [0.3, 0.4) is 0 Å². The number of thioether (sulfide) groups is 1. The highest BCUT2D eigenvalue weighted by molar-refractivity contribution is 7.99. The van der Waals surface area contributed by atoms with Crippen LogP contribution < -0.4 is 5.56 Å². The Balaban J connectivity index is 2.50. The molecule has 0 fully saturated rings. The molecule has 0 aromatic carbocycles. The molecular formula is C9H10N4OS. The number of hydrogen-bond donors (Lipinski definition) is 1. The van der Waals surface area contributed by atoms with Crippen molar-refractivity contribution in [3.8, 4) is 0 Å². The van der Waals surface area contributed by atoms with E-state index in [4.69, 9.17) is 0 Å². The molecular weight excluding hydrogens is 212 g/mol. The highest BCUT2D eigenvalue weighted by atomic mass is 32.2. The highest BCUT2D eigenvalue weighted by Crippen LogP contribution is 2.12. The summed E-state index contributed by atoms with van der Waals surface area (Å²) >= 11 is 1.48. The number of aryl methyl sites for hydroxylation is 1. The van der Waals surface area contributed by atoms with Crippen LogP contribution in [-0.2, 0) is 0 Å². The second kappa shape index (κ2) is 3.90. The SMILES string of the molecule is C=CCSc1nc2nc(C)cc(=O)n2[nH]1. The number of H-pyrrole nitrogens is 1. The molecule has 2 aromatic rings. The van der Waals surface area contributed by atoms with E-state index in [1.807, 2.05) is 0 Å². The summed E-state index contributed by atoms with van der Waals surface area (Å²) in [5, 5.41) is 3.54. The van der Waals surface area contributed by atoms with Crippen LogP contribution in [0.25, 0.3) is 5.78 Å². The molecule has 0 amide bonds. The smallest absolute Gasteiger partial charge is 0.267 e. The zero-order valence-electron chi connectivity index (χ0n) is 8.23. The third-order valence-electron chi connectivity index (χ3n) is 1.78. The summed E-state index contributed by atoms with van der Waals surface area (Å²) < 4.78 is 1.33. The number of fused-ring (bicyclic) bond motifs is 1. The van der Waals surface area contributed by atoms with E-state index in [1.165, 1.54) is 22.3 Å². The van der Waals surface area contributed by atoms with Crippen LogP contribution >= 0.6 is 11.8 Å². The molecule has 6 heteroatoms. The summed E-state index contributed by atoms with van der Waals surface area (Å²) in [6.07, 6.45) is 1.78. The molecule has 0 aliphatic heterocycles. The van der Waals surface area contributed by atoms with Gasteiger partial charge in [0.15, 0.2) is 5.16 Å². The topological polar surface area (TPSA) is 63.1 Å². The number of hydrogen-bond acceptors (Lipinski definition) is 4. The molecule has 0 unspecified atom stereocenters. The van der Waals surface area contributed by atoms with Gasteiger partial charge >= 0.3 is 0 Å². The van der Waals surface area contributed by atoms with Crippen molar-refractivity contribution in [3.63, 3.8) is 0 Å². The van der Waals surface area contributed by atoms with Gasteiger partial charge in [-0.15, -0.1) is 6.58 Å². The lowest BCUT2D eigenvalue weighted by atomic mass is 10.5. The fourth-order valence-electron chi connectivity index (χ4n) is 1.18. The summed E-state index contributed by atoms with van der Waals surface area (Å²) in [5.74, 6) is 1.15. The van der Waals surface area contributed by atoms with Crippen LogP contribution in [0.2, 0.25) is 0 Å². The van der Waals surface area contributed by atoms with Gasteiger partial charge in [-0.2, -0.15) is 9.50 Å². The summed E-state index contributed by atoms with van der Waals surface area (Å²) in [5.41, 5.74) is 0.530. The third-order valence-corrected chi connectivity index (χ3v) is 2.63. The molecule has 0 spiro atoms. The molecule has 0 saturated carbocycles. The van der Waals surface area contributed by atoms with E-state index in [9.17, 15) is 4.79 Å². The molecule has 0 atom stereocenters. The second-order valence-electron chi connectivity index (χ2n) is 3.00. The first-order valence-electron chi connectivity index (χ1n) is 4.41. The third kappa shape index (κ3) is 1.94. The molecule has 2 aromatic heterocycles. The van der Waals surface area contributed by atoms with E-state index in [0.29, 0.717) is 16.6 Å². The van der Waals surface area contributed by atoms with Gasteiger partial charge in [-0.1, -0.05) is 17.8 Å². The average Bonchev–Trinajstić information content (AvgIpc) is 2.57. The van der Waals surface area contributed by atoms with Crippen LogP contribution in [0.5, 0.6) is 0 Å². The first-order chi connectivity index (χ1) is 7.20. The molecule has 0 radical (unpaired) electrons. The van der Waals surface area contributed by atoms with Crippen molar-refractivity contribution in [1.29, 1.82) is 0 Å². The van der Waals surface area contributed by atoms with Crippen LogP contribution in [-0.4, -0.2) is 25.3 Å². The maximum atomic E-state index is 11.5. The predicted molar refractivity (Wildman–Crippen MR) is 59.3 cm³/mol. The second-order valence-corrected chi connectivity index (χ2v) is 4.01. The Morgan fingerprint density at radius 2 is 2.47 bits per heavy atom. The molecule has 0 aliphatic rings. The Bertz CT molecular complexity index is 557. The van der Waals surface area contributed by atoms with Crippen molar-refractivity contribution in [2.75, 3.05) is 5.75 Å². The monoisotopic (exact) mass is 222 g/mol. The molecule has 0 saturated heterocycles. The van der Waals surface area contributed by atoms with Gasteiger partial charge in [0.1, 0.15) is 0 Å². The number of nitrogens with zero attached hydrogens (tertiary/aromatic N) is 3. The van der Waals surface area contributed by atoms with Crippen LogP contribution in [0.15, 0.2) is 28.7 Å². The van der Waals surface area contributed by atoms with Gasteiger partial charge in [-0.05, 0) is 6.92 Å². The quantitative estimate of drug-likeness (QED) is 0.621. The molecule has 2 heterocycles. The molecule has 0 aliphatic carbocycles. The number of aromatic nitrogens is 4. The minimum absolute atomic E-state index is 0.143. The zero-order chi connectivity index (χ0) is 10.8. The minimum atomic E-state index is -0.143. The Labute approximate surface area is 90.2 Å². The standard InChI is InChI=1S/C9H10N4OS/c1-3-4-15-9-11-8-10-6(2)5-7(14)13(8)12-9/h3,5H,1,4H2,2H3,(H,10,11,12). The highest BCUT2D eigenvalue weighted by Gasteiger charge is 2.05. The van der Waals surface area contributed by atoms with Crippen molar-refractivity contribution in [1.82, 2.24) is 19.6 Å². The van der Waals surface area contributed by atoms with E-state index >= 15 is 0 Å². The average molecular weight is 222 g/mol. The fourth-order valence-corrected chi connectivity index (χ4v) is 1.75. The van der Waals surface area contributed by atoms with E-state index in [0.717, 1.165) is 5.75 Å². The van der Waals surface area contributed by atoms with Gasteiger partial charge in [0.2, 0.25) is 0 Å². The Kier molecular flexibility index (Phi) is 2.59. The summed E-state index contributed by atoms with van der Waals surface area (Å²) in [6.45, 7) is 5.39. The van der Waals surface area contributed by atoms with Gasteiger partial charge in [0.25, 0.3) is 11.3 Å². The lowest BCUT2D eigenvalue weighted by Crippen LogP contribution is -2.14. The molecule has 78 valence electrons. The van der Waals surface area contributed by atoms with Gasteiger partial charge in [0.05, 0.1) is 0 Å². The first-order valence-corrected chi connectivity index (χ1v) is 5.39. The molecule has 5 nitrogen and oxygen atoms in total. The lowest BCUT2D eigenvalue weighted by Gasteiger charge is -1.90. The van der Waals surface area contributed by atoms with Gasteiger partial charge in [-0.3, -0.25) is 9.89 Å². The zero-order valence-corrected chi connectivity index (χ0v) is 9.04. The summed E-state index contributed by atoms with van der Waals surface area (Å²) in [7, 11) is 0. The number of aromatic amines is 1. The van der Waals surface area contributed by atoms with Crippen molar-refractivity contribution in [3.05, 3.63) is 34.8 Å². The van der Waals surface area contributed by atoms with E-state index in [2.05, 4.69) is 21.6 Å². The van der Waals surface area contributed by atoms with Crippen molar-refractivity contribution in [2.45, 2.75) is 12.1 Å². The van der Waals surface area contributed by atoms with E-state index in [1.54, 1.807) is 13.0 Å². The van der Waals surface area contributed by atoms with Crippen molar-refractivity contribution in [2.24, 2.45) is 0 Å². The molecule has 0 bridgehead atoms. The molecule has 2 rings (SSSR count). The van der Waals surface area contributed by atoms with Crippen molar-refractivity contribution < 1.29 is 0 Å². The summed E-state index contributed by atoms with van der Waals surface area (Å²) in [4.78, 5) is 19.8. The Hall–Kier alpha value is -1.56. The van der Waals surface area contributed by atoms with Crippen LogP contribution in [0, 0.1) is 6.92 Å². The Morgan fingerprint density at radius 1 is 1.67 bits per heavy atom. The van der Waals surface area contributed by atoms with Gasteiger partial charge in [-0.25, -0.2) is 4.98 Å². The molecule has 15 heavy (non-hydrogen) atoms. The van der Waals surface area contributed by atoms with Gasteiger partial charge in [0, 0.05) is 17.5 Å². The maximum absolute atomic E-state index is 11.5. The largest absolute Gasteiger partial charge is 0.274 e. The fraction of sp³-hybridized carbons (Fsp3) is 0.222. The number of nitrogens with one attached hydrogen (secondary N) is 1. The van der Waals surface area contributed by atoms with E-state index in [-0.39, 0.29) is 5.56 Å². The van der Waals surface area contributed by atoms with Crippen LogP contribution in [0.4, 0.5) is 0 Å². The van der Waals surface area contributed by atoms with Crippen molar-refractivity contribution >= 4 is 17.5 Å². The maximum Gasteiger partial charge on any atom is 0.274 e.